The third-order valence-electron chi connectivity index (χ3n) is 6.32. The van der Waals surface area contributed by atoms with E-state index in [0.717, 1.165) is 5.56 Å². The van der Waals surface area contributed by atoms with Crippen molar-refractivity contribution in [2.45, 2.75) is 44.3 Å². The molecule has 8 heteroatoms. The zero-order valence-corrected chi connectivity index (χ0v) is 15.6. The first-order valence-electron chi connectivity index (χ1n) is 9.30. The molecule has 5 rings (SSSR count). The summed E-state index contributed by atoms with van der Waals surface area (Å²) >= 11 is 0. The molecule has 3 fully saturated rings. The number of pyridine rings is 1. The summed E-state index contributed by atoms with van der Waals surface area (Å²) in [5, 5.41) is 2.94. The summed E-state index contributed by atoms with van der Waals surface area (Å²) in [5.74, 6) is -1.74. The minimum absolute atomic E-state index is 0.0590. The van der Waals surface area contributed by atoms with E-state index in [1.165, 1.54) is 12.1 Å². The minimum atomic E-state index is -4.65. The molecule has 29 heavy (non-hydrogen) atoms. The summed E-state index contributed by atoms with van der Waals surface area (Å²) in [5.41, 5.74) is -0.974. The standard InChI is InChI=1S/C21H19F5N2O/c1-12(17(29)6-13-2-4-15(22)5-3-13)19-9-20(10-19,11-19)28-18-16(23)7-14(8-27-18)21(24,25)26/h2-5,7-8,12H,6,9-11H2,1H3,(H,27,28). The zero-order valence-electron chi connectivity index (χ0n) is 15.6. The lowest BCUT2D eigenvalue weighted by Crippen LogP contribution is -2.73. The van der Waals surface area contributed by atoms with Gasteiger partial charge in [0.2, 0.25) is 0 Å². The largest absolute Gasteiger partial charge is 0.417 e. The van der Waals surface area contributed by atoms with Gasteiger partial charge in [-0.15, -0.1) is 0 Å². The van der Waals surface area contributed by atoms with Gasteiger partial charge in [-0.3, -0.25) is 4.79 Å². The van der Waals surface area contributed by atoms with Crippen molar-refractivity contribution in [1.82, 2.24) is 4.98 Å². The molecule has 1 heterocycles. The number of rotatable bonds is 6. The summed E-state index contributed by atoms with van der Waals surface area (Å²) in [6, 6.07) is 6.25. The van der Waals surface area contributed by atoms with Crippen molar-refractivity contribution in [1.29, 1.82) is 0 Å². The van der Waals surface area contributed by atoms with Gasteiger partial charge in [-0.05, 0) is 48.4 Å². The number of nitrogens with one attached hydrogen (secondary N) is 1. The molecule has 3 aliphatic rings. The van der Waals surface area contributed by atoms with E-state index in [1.54, 1.807) is 12.1 Å². The number of Topliss-reactive ketones (excluding diaryl/α,β-unsaturated/α-hetero) is 1. The van der Waals surface area contributed by atoms with Crippen LogP contribution in [-0.2, 0) is 17.4 Å². The Hall–Kier alpha value is -2.51. The molecule has 1 aromatic carbocycles. The van der Waals surface area contributed by atoms with E-state index >= 15 is 0 Å². The van der Waals surface area contributed by atoms with Gasteiger partial charge in [-0.2, -0.15) is 13.2 Å². The van der Waals surface area contributed by atoms with Gasteiger partial charge in [0.05, 0.1) is 5.56 Å². The van der Waals surface area contributed by atoms with Crippen molar-refractivity contribution < 1.29 is 26.7 Å². The van der Waals surface area contributed by atoms with E-state index in [0.29, 0.717) is 31.5 Å². The van der Waals surface area contributed by atoms with Crippen LogP contribution in [0.2, 0.25) is 0 Å². The zero-order chi connectivity index (χ0) is 21.0. The predicted molar refractivity (Wildman–Crippen MR) is 96.1 cm³/mol. The average molecular weight is 410 g/mol. The van der Waals surface area contributed by atoms with Gasteiger partial charge >= 0.3 is 6.18 Å². The topological polar surface area (TPSA) is 42.0 Å². The Morgan fingerprint density at radius 2 is 1.79 bits per heavy atom. The molecule has 1 unspecified atom stereocenters. The van der Waals surface area contributed by atoms with Gasteiger partial charge in [0.15, 0.2) is 11.6 Å². The maximum atomic E-state index is 14.0. The predicted octanol–water partition coefficient (Wildman–Crippen LogP) is 5.16. The van der Waals surface area contributed by atoms with Gasteiger partial charge in [0.25, 0.3) is 0 Å². The summed E-state index contributed by atoms with van der Waals surface area (Å²) < 4.78 is 64.9. The van der Waals surface area contributed by atoms with Crippen molar-refractivity contribution in [2.75, 3.05) is 5.32 Å². The summed E-state index contributed by atoms with van der Waals surface area (Å²) in [7, 11) is 0. The molecule has 3 aliphatic carbocycles. The molecule has 3 saturated carbocycles. The molecule has 3 nitrogen and oxygen atoms in total. The highest BCUT2D eigenvalue weighted by atomic mass is 19.4. The highest BCUT2D eigenvalue weighted by Crippen LogP contribution is 2.71. The Kier molecular flexibility index (Phi) is 4.44. The van der Waals surface area contributed by atoms with Crippen LogP contribution in [0.4, 0.5) is 27.8 Å². The fourth-order valence-electron chi connectivity index (χ4n) is 4.69. The summed E-state index contributed by atoms with van der Waals surface area (Å²) in [6.07, 6.45) is -1.90. The molecule has 0 aliphatic heterocycles. The average Bonchev–Trinajstić information content (AvgIpc) is 2.58. The van der Waals surface area contributed by atoms with E-state index in [4.69, 9.17) is 0 Å². The molecule has 154 valence electrons. The van der Waals surface area contributed by atoms with Crippen molar-refractivity contribution in [3.8, 4) is 0 Å². The van der Waals surface area contributed by atoms with Crippen molar-refractivity contribution in [2.24, 2.45) is 11.3 Å². The van der Waals surface area contributed by atoms with Crippen molar-refractivity contribution in [3.63, 3.8) is 0 Å². The Morgan fingerprint density at radius 1 is 1.17 bits per heavy atom. The number of alkyl halides is 3. The van der Waals surface area contributed by atoms with Gasteiger partial charge in [0, 0.05) is 24.1 Å². The van der Waals surface area contributed by atoms with Gasteiger partial charge in [-0.25, -0.2) is 13.8 Å². The number of carbonyl (C=O) groups is 1. The number of ketones is 1. The second-order valence-electron chi connectivity index (χ2n) is 8.34. The molecule has 2 bridgehead atoms. The quantitative estimate of drug-likeness (QED) is 0.669. The Labute approximate surface area is 164 Å². The number of carbonyl (C=O) groups excluding carboxylic acids is 1. The maximum absolute atomic E-state index is 14.0. The molecule has 0 spiro atoms. The van der Waals surface area contributed by atoms with Crippen LogP contribution in [0, 0.1) is 23.0 Å². The summed E-state index contributed by atoms with van der Waals surface area (Å²) in [4.78, 5) is 16.2. The highest BCUT2D eigenvalue weighted by molar-refractivity contribution is 5.84. The van der Waals surface area contributed by atoms with Gasteiger partial charge < -0.3 is 5.32 Å². The number of hydrogen-bond acceptors (Lipinski definition) is 3. The fourth-order valence-corrected chi connectivity index (χ4v) is 4.69. The summed E-state index contributed by atoms with van der Waals surface area (Å²) in [6.45, 7) is 1.87. The van der Waals surface area contributed by atoms with Gasteiger partial charge in [0.1, 0.15) is 11.6 Å². The first kappa shape index (κ1) is 19.8. The minimum Gasteiger partial charge on any atom is -0.362 e. The van der Waals surface area contributed by atoms with Crippen molar-refractivity contribution in [3.05, 3.63) is 59.3 Å². The van der Waals surface area contributed by atoms with Crippen molar-refractivity contribution >= 4 is 11.6 Å². The second-order valence-corrected chi connectivity index (χ2v) is 8.34. The van der Waals surface area contributed by atoms with Gasteiger partial charge in [-0.1, -0.05) is 19.1 Å². The first-order chi connectivity index (χ1) is 13.5. The lowest BCUT2D eigenvalue weighted by molar-refractivity contribution is -0.167. The van der Waals surface area contributed by atoms with E-state index < -0.39 is 23.1 Å². The monoisotopic (exact) mass is 410 g/mol. The molecule has 1 aromatic heterocycles. The second kappa shape index (κ2) is 6.50. The molecule has 0 radical (unpaired) electrons. The van der Waals surface area contributed by atoms with Crippen LogP contribution < -0.4 is 5.32 Å². The molecule has 2 aromatic rings. The van der Waals surface area contributed by atoms with Crippen LogP contribution in [-0.4, -0.2) is 16.3 Å². The van der Waals surface area contributed by atoms with Crippen LogP contribution in [0.1, 0.15) is 37.3 Å². The number of nitrogens with zero attached hydrogens (tertiary/aromatic N) is 1. The van der Waals surface area contributed by atoms with E-state index in [2.05, 4.69) is 10.3 Å². The van der Waals surface area contributed by atoms with E-state index in [-0.39, 0.29) is 35.2 Å². The van der Waals surface area contributed by atoms with E-state index in [1.807, 2.05) is 6.92 Å². The number of aromatic nitrogens is 1. The number of hydrogen-bond donors (Lipinski definition) is 1. The van der Waals surface area contributed by atoms with E-state index in [9.17, 15) is 26.7 Å². The smallest absolute Gasteiger partial charge is 0.362 e. The Morgan fingerprint density at radius 3 is 2.34 bits per heavy atom. The SMILES string of the molecule is CC(C(=O)Cc1ccc(F)cc1)C12CC(Nc3ncc(C(F)(F)F)cc3F)(C1)C2. The lowest BCUT2D eigenvalue weighted by Gasteiger charge is -2.72. The first-order valence-corrected chi connectivity index (χ1v) is 9.30. The van der Waals surface area contributed by atoms with Crippen LogP contribution >= 0.6 is 0 Å². The third kappa shape index (κ3) is 3.49. The number of anilines is 1. The van der Waals surface area contributed by atoms with Crippen LogP contribution in [0.5, 0.6) is 0 Å². The fraction of sp³-hybridized carbons (Fsp3) is 0.429. The van der Waals surface area contributed by atoms with Crippen LogP contribution in [0.25, 0.3) is 0 Å². The molecular formula is C21H19F5N2O. The van der Waals surface area contributed by atoms with Crippen LogP contribution in [0.3, 0.4) is 0 Å². The highest BCUT2D eigenvalue weighted by Gasteiger charge is 2.70. The lowest BCUT2D eigenvalue weighted by atomic mass is 9.35. The number of halogens is 5. The maximum Gasteiger partial charge on any atom is 0.417 e. The van der Waals surface area contributed by atoms with Crippen LogP contribution in [0.15, 0.2) is 36.5 Å². The molecule has 0 amide bonds. The Balaban J connectivity index is 1.36. The number of benzene rings is 1. The molecular weight excluding hydrogens is 391 g/mol. The Bertz CT molecular complexity index is 935. The molecule has 1 atom stereocenters. The molecule has 1 N–H and O–H groups in total. The normalized spacial score (nSPS) is 26.3. The molecule has 0 saturated heterocycles. The third-order valence-corrected chi connectivity index (χ3v) is 6.32.